The van der Waals surface area contributed by atoms with Crippen molar-refractivity contribution in [2.45, 2.75) is 26.8 Å². The van der Waals surface area contributed by atoms with Crippen LogP contribution in [0.3, 0.4) is 0 Å². The number of aromatic nitrogens is 4. The van der Waals surface area contributed by atoms with E-state index in [9.17, 15) is 14.4 Å². The average molecular weight is 290 g/mol. The molecule has 0 saturated heterocycles. The number of carbonyl (C=O) groups is 1. The van der Waals surface area contributed by atoms with E-state index in [1.807, 2.05) is 0 Å². The van der Waals surface area contributed by atoms with Crippen molar-refractivity contribution in [2.24, 2.45) is 7.05 Å². The van der Waals surface area contributed by atoms with Gasteiger partial charge >= 0.3 is 11.5 Å². The minimum absolute atomic E-state index is 0.219. The second-order valence-electron chi connectivity index (χ2n) is 5.08. The molecule has 110 valence electrons. The molecule has 0 N–H and O–H groups in total. The number of fused-ring (bicyclic) bond motifs is 3. The van der Waals surface area contributed by atoms with Gasteiger partial charge in [0, 0.05) is 7.05 Å². The zero-order valence-electron chi connectivity index (χ0n) is 12.1. The first-order chi connectivity index (χ1) is 9.82. The van der Waals surface area contributed by atoms with Crippen LogP contribution in [0.15, 0.2) is 20.2 Å². The number of imidazole rings is 1. The number of hydrogen-bond donors (Lipinski definition) is 0. The van der Waals surface area contributed by atoms with E-state index in [0.29, 0.717) is 5.76 Å². The molecule has 0 radical (unpaired) electrons. The molecule has 3 aromatic heterocycles. The molecule has 0 spiro atoms. The van der Waals surface area contributed by atoms with E-state index in [-0.39, 0.29) is 22.8 Å². The number of rotatable bonds is 2. The topological polar surface area (TPSA) is 91.5 Å². The van der Waals surface area contributed by atoms with E-state index >= 15 is 0 Å². The van der Waals surface area contributed by atoms with E-state index in [4.69, 9.17) is 4.42 Å². The molecular weight excluding hydrogens is 276 g/mol. The fourth-order valence-corrected chi connectivity index (χ4v) is 2.35. The van der Waals surface area contributed by atoms with Crippen molar-refractivity contribution < 1.29 is 9.21 Å². The van der Waals surface area contributed by atoms with Crippen LogP contribution in [-0.2, 0) is 11.8 Å². The Balaban J connectivity index is 2.56. The first-order valence-electron chi connectivity index (χ1n) is 6.43. The molecule has 0 aliphatic carbocycles. The first kappa shape index (κ1) is 13.3. The van der Waals surface area contributed by atoms with Crippen LogP contribution in [-0.4, -0.2) is 24.3 Å². The van der Waals surface area contributed by atoms with Gasteiger partial charge in [-0.1, -0.05) is 0 Å². The van der Waals surface area contributed by atoms with Gasteiger partial charge in [-0.3, -0.25) is 18.6 Å². The Labute approximate surface area is 118 Å². The summed E-state index contributed by atoms with van der Waals surface area (Å²) in [6.45, 7) is 4.60. The maximum absolute atomic E-state index is 12.6. The summed E-state index contributed by atoms with van der Waals surface area (Å²) in [4.78, 5) is 40.7. The maximum Gasteiger partial charge on any atom is 0.333 e. The van der Waals surface area contributed by atoms with Gasteiger partial charge in [-0.2, -0.15) is 4.98 Å². The van der Waals surface area contributed by atoms with E-state index in [1.54, 1.807) is 13.1 Å². The second-order valence-corrected chi connectivity index (χ2v) is 5.08. The lowest BCUT2D eigenvalue weighted by atomic mass is 10.2. The highest BCUT2D eigenvalue weighted by Crippen LogP contribution is 2.15. The second kappa shape index (κ2) is 4.18. The quantitative estimate of drug-likeness (QED) is 0.681. The molecule has 0 aromatic carbocycles. The van der Waals surface area contributed by atoms with Crippen LogP contribution in [0.2, 0.25) is 0 Å². The summed E-state index contributed by atoms with van der Waals surface area (Å²) >= 11 is 0. The van der Waals surface area contributed by atoms with Gasteiger partial charge in [0.25, 0.3) is 5.56 Å². The largest absolute Gasteiger partial charge is 0.428 e. The Kier molecular flexibility index (Phi) is 2.65. The summed E-state index contributed by atoms with van der Waals surface area (Å²) in [7, 11) is 1.51. The first-order valence-corrected chi connectivity index (χ1v) is 6.43. The van der Waals surface area contributed by atoms with Crippen LogP contribution >= 0.6 is 0 Å². The predicted octanol–water partition coefficient (Wildman–Crippen LogP) is 0.399. The highest BCUT2D eigenvalue weighted by Gasteiger charge is 2.23. The third-order valence-electron chi connectivity index (χ3n) is 3.63. The molecule has 0 aliphatic rings. The molecule has 0 aliphatic heterocycles. The molecule has 3 rings (SSSR count). The summed E-state index contributed by atoms with van der Waals surface area (Å²) in [5, 5.41) is 0. The molecule has 0 saturated carbocycles. The van der Waals surface area contributed by atoms with Gasteiger partial charge in [0.2, 0.25) is 0 Å². The average Bonchev–Trinajstić information content (AvgIpc) is 2.91. The van der Waals surface area contributed by atoms with Crippen LogP contribution in [0, 0.1) is 6.92 Å². The van der Waals surface area contributed by atoms with Crippen molar-refractivity contribution in [3.05, 3.63) is 32.8 Å². The Bertz CT molecular complexity index is 1000. The van der Waals surface area contributed by atoms with E-state index in [0.717, 1.165) is 4.57 Å². The lowest BCUT2D eigenvalue weighted by molar-refractivity contribution is -0.119. The minimum Gasteiger partial charge on any atom is -0.428 e. The van der Waals surface area contributed by atoms with Gasteiger partial charge in [-0.25, -0.2) is 9.36 Å². The van der Waals surface area contributed by atoms with Crippen LogP contribution in [0.1, 0.15) is 25.6 Å². The Hall–Kier alpha value is -2.64. The highest BCUT2D eigenvalue weighted by molar-refractivity contribution is 5.80. The lowest BCUT2D eigenvalue weighted by Crippen LogP contribution is -2.42. The van der Waals surface area contributed by atoms with Gasteiger partial charge < -0.3 is 4.42 Å². The lowest BCUT2D eigenvalue weighted by Gasteiger charge is -2.12. The SMILES string of the molecule is CC(=O)[C@H](C)n1c(=O)c2c(nc3oc(C)cn32)n(C)c1=O. The number of ketones is 1. The zero-order chi connectivity index (χ0) is 15.5. The van der Waals surface area contributed by atoms with Gasteiger partial charge in [-0.05, 0) is 20.8 Å². The fourth-order valence-electron chi connectivity index (χ4n) is 2.35. The smallest absolute Gasteiger partial charge is 0.333 e. The summed E-state index contributed by atoms with van der Waals surface area (Å²) in [6, 6.07) is -0.834. The monoisotopic (exact) mass is 290 g/mol. The fraction of sp³-hybridized carbons (Fsp3) is 0.385. The molecular formula is C13H14N4O4. The molecule has 8 heteroatoms. The zero-order valence-corrected chi connectivity index (χ0v) is 12.1. The van der Waals surface area contributed by atoms with Crippen LogP contribution < -0.4 is 11.2 Å². The summed E-state index contributed by atoms with van der Waals surface area (Å²) in [5.74, 6) is 0.569. The normalized spacial score (nSPS) is 13.1. The van der Waals surface area contributed by atoms with Crippen molar-refractivity contribution in [3.8, 4) is 0 Å². The molecule has 0 fully saturated rings. The number of carbonyl (C=O) groups excluding carboxylic acids is 1. The van der Waals surface area contributed by atoms with Crippen molar-refractivity contribution in [3.63, 3.8) is 0 Å². The number of hydrogen-bond acceptors (Lipinski definition) is 5. The number of oxazole rings is 1. The summed E-state index contributed by atoms with van der Waals surface area (Å²) < 4.78 is 9.06. The standard InChI is InChI=1S/C13H14N4O4/c1-6-5-16-9-10(14-12(16)21-6)15(4)13(20)17(11(9)19)7(2)8(3)18/h5,7H,1-4H3/t7-/m0/s1. The number of Topliss-reactive ketones (excluding diaryl/α,β-unsaturated/α-hetero) is 1. The van der Waals surface area contributed by atoms with Crippen LogP contribution in [0.4, 0.5) is 0 Å². The number of aryl methyl sites for hydroxylation is 2. The van der Waals surface area contributed by atoms with E-state index in [1.165, 1.54) is 29.9 Å². The van der Waals surface area contributed by atoms with E-state index < -0.39 is 17.3 Å². The minimum atomic E-state index is -0.834. The van der Waals surface area contributed by atoms with Crippen molar-refractivity contribution in [2.75, 3.05) is 0 Å². The van der Waals surface area contributed by atoms with Crippen molar-refractivity contribution >= 4 is 22.8 Å². The van der Waals surface area contributed by atoms with Crippen LogP contribution in [0.5, 0.6) is 0 Å². The van der Waals surface area contributed by atoms with Crippen molar-refractivity contribution in [1.29, 1.82) is 0 Å². The molecule has 0 unspecified atom stereocenters. The highest BCUT2D eigenvalue weighted by atomic mass is 16.4. The third kappa shape index (κ3) is 1.68. The molecule has 8 nitrogen and oxygen atoms in total. The van der Waals surface area contributed by atoms with Gasteiger partial charge in [0.1, 0.15) is 5.76 Å². The van der Waals surface area contributed by atoms with Crippen molar-refractivity contribution in [1.82, 2.24) is 18.5 Å². The Morgan fingerprint density at radius 2 is 2.05 bits per heavy atom. The molecule has 0 amide bonds. The molecule has 3 heterocycles. The van der Waals surface area contributed by atoms with Gasteiger partial charge in [-0.15, -0.1) is 0 Å². The molecule has 0 bridgehead atoms. The third-order valence-corrected chi connectivity index (χ3v) is 3.63. The maximum atomic E-state index is 12.6. The summed E-state index contributed by atoms with van der Waals surface area (Å²) in [6.07, 6.45) is 1.62. The Morgan fingerprint density at radius 1 is 1.38 bits per heavy atom. The van der Waals surface area contributed by atoms with E-state index in [2.05, 4.69) is 4.98 Å². The molecule has 3 aromatic rings. The number of nitrogens with zero attached hydrogens (tertiary/aromatic N) is 4. The van der Waals surface area contributed by atoms with Gasteiger partial charge in [0.15, 0.2) is 16.9 Å². The molecule has 21 heavy (non-hydrogen) atoms. The van der Waals surface area contributed by atoms with Gasteiger partial charge in [0.05, 0.1) is 12.2 Å². The van der Waals surface area contributed by atoms with Crippen LogP contribution in [0.25, 0.3) is 17.0 Å². The Morgan fingerprint density at radius 3 is 2.67 bits per heavy atom. The predicted molar refractivity (Wildman–Crippen MR) is 74.6 cm³/mol. The molecule has 1 atom stereocenters. The summed E-state index contributed by atoms with van der Waals surface area (Å²) in [5.41, 5.74) is -0.676.